The van der Waals surface area contributed by atoms with Crippen LogP contribution < -0.4 is 15.2 Å². The Bertz CT molecular complexity index is 1060. The van der Waals surface area contributed by atoms with E-state index in [0.29, 0.717) is 31.1 Å². The van der Waals surface area contributed by atoms with Crippen LogP contribution in [0.15, 0.2) is 35.3 Å². The van der Waals surface area contributed by atoms with Crippen LogP contribution in [-0.2, 0) is 13.1 Å². The minimum atomic E-state index is 0.0180. The van der Waals surface area contributed by atoms with Crippen molar-refractivity contribution in [2.24, 2.45) is 0 Å². The molecule has 1 aromatic carbocycles. The van der Waals surface area contributed by atoms with Crippen LogP contribution in [0.2, 0.25) is 0 Å². The van der Waals surface area contributed by atoms with E-state index < -0.39 is 0 Å². The molecule has 0 saturated heterocycles. The first-order valence-corrected chi connectivity index (χ1v) is 10.2. The van der Waals surface area contributed by atoms with Gasteiger partial charge in [0.15, 0.2) is 11.3 Å². The van der Waals surface area contributed by atoms with Gasteiger partial charge in [0.25, 0.3) is 5.56 Å². The van der Waals surface area contributed by atoms with Crippen molar-refractivity contribution in [2.45, 2.75) is 51.6 Å². The number of nitrogens with zero attached hydrogens (tertiary/aromatic N) is 5. The quantitative estimate of drug-likeness (QED) is 0.697. The molecule has 3 aromatic rings. The zero-order valence-electron chi connectivity index (χ0n) is 16.2. The third-order valence-corrected chi connectivity index (χ3v) is 5.90. The molecule has 0 amide bonds. The third-order valence-electron chi connectivity index (χ3n) is 5.90. The maximum Gasteiger partial charge on any atom is 0.279 e. The first-order chi connectivity index (χ1) is 13.7. The van der Waals surface area contributed by atoms with Crippen molar-refractivity contribution in [1.82, 2.24) is 19.2 Å². The summed E-state index contributed by atoms with van der Waals surface area (Å²) in [6, 6.07) is 8.11. The first kappa shape index (κ1) is 17.3. The standard InChI is InChI=1S/C21H25N5O2/c1-2-28-17-9-5-8-16(12-17)24-10-11-25-19(14-24)23-26-18(21(25)27)13-22-20(26)15-6-3-4-7-15/h5,8-9,12-13,15H,2-4,6-7,10-11,14H2,1H3. The number of benzene rings is 1. The van der Waals surface area contributed by atoms with E-state index in [-0.39, 0.29) is 5.56 Å². The maximum atomic E-state index is 13.0. The van der Waals surface area contributed by atoms with Gasteiger partial charge in [-0.1, -0.05) is 18.9 Å². The van der Waals surface area contributed by atoms with E-state index in [1.54, 1.807) is 10.8 Å². The highest BCUT2D eigenvalue weighted by Gasteiger charge is 2.26. The predicted octanol–water partition coefficient (Wildman–Crippen LogP) is 2.97. The van der Waals surface area contributed by atoms with Crippen LogP contribution in [0.4, 0.5) is 5.69 Å². The summed E-state index contributed by atoms with van der Waals surface area (Å²) >= 11 is 0. The summed E-state index contributed by atoms with van der Waals surface area (Å²) in [5.74, 6) is 3.02. The molecule has 28 heavy (non-hydrogen) atoms. The summed E-state index contributed by atoms with van der Waals surface area (Å²) in [6.07, 6.45) is 6.43. The fourth-order valence-corrected chi connectivity index (χ4v) is 4.47. The second kappa shape index (κ2) is 6.96. The number of aromatic nitrogens is 4. The van der Waals surface area contributed by atoms with Gasteiger partial charge < -0.3 is 9.64 Å². The largest absolute Gasteiger partial charge is 0.494 e. The van der Waals surface area contributed by atoms with Gasteiger partial charge in [0, 0.05) is 30.8 Å². The maximum absolute atomic E-state index is 13.0. The molecule has 0 radical (unpaired) electrons. The lowest BCUT2D eigenvalue weighted by Gasteiger charge is -2.31. The van der Waals surface area contributed by atoms with Gasteiger partial charge in [0.2, 0.25) is 0 Å². The van der Waals surface area contributed by atoms with E-state index in [1.807, 2.05) is 23.6 Å². The lowest BCUT2D eigenvalue weighted by atomic mass is 10.1. The van der Waals surface area contributed by atoms with Gasteiger partial charge in [-0.25, -0.2) is 9.50 Å². The highest BCUT2D eigenvalue weighted by Crippen LogP contribution is 2.33. The molecule has 0 spiro atoms. The molecule has 7 nitrogen and oxygen atoms in total. The minimum Gasteiger partial charge on any atom is -0.494 e. The summed E-state index contributed by atoms with van der Waals surface area (Å²) in [6.45, 7) is 4.62. The summed E-state index contributed by atoms with van der Waals surface area (Å²) in [7, 11) is 0. The number of rotatable bonds is 4. The minimum absolute atomic E-state index is 0.0180. The van der Waals surface area contributed by atoms with Crippen molar-refractivity contribution in [3.05, 3.63) is 52.5 Å². The molecule has 7 heteroatoms. The van der Waals surface area contributed by atoms with Gasteiger partial charge in [-0.05, 0) is 31.9 Å². The van der Waals surface area contributed by atoms with E-state index in [1.165, 1.54) is 12.8 Å². The van der Waals surface area contributed by atoms with Crippen molar-refractivity contribution >= 4 is 11.2 Å². The smallest absolute Gasteiger partial charge is 0.279 e. The molecular formula is C21H25N5O2. The molecule has 2 aromatic heterocycles. The van der Waals surface area contributed by atoms with Crippen molar-refractivity contribution in [2.75, 3.05) is 18.1 Å². The van der Waals surface area contributed by atoms with Gasteiger partial charge in [-0.15, -0.1) is 0 Å². The van der Waals surface area contributed by atoms with Crippen molar-refractivity contribution in [3.63, 3.8) is 0 Å². The van der Waals surface area contributed by atoms with Crippen LogP contribution in [0, 0.1) is 0 Å². The monoisotopic (exact) mass is 379 g/mol. The molecule has 3 heterocycles. The highest BCUT2D eigenvalue weighted by atomic mass is 16.5. The van der Waals surface area contributed by atoms with Gasteiger partial charge in [0.05, 0.1) is 19.3 Å². The van der Waals surface area contributed by atoms with E-state index in [0.717, 1.165) is 42.5 Å². The van der Waals surface area contributed by atoms with Gasteiger partial charge in [-0.2, -0.15) is 5.10 Å². The summed E-state index contributed by atoms with van der Waals surface area (Å²) < 4.78 is 9.25. The SMILES string of the molecule is CCOc1cccc(N2CCn3c(nn4c(C5CCCC5)ncc4c3=O)C2)c1. The van der Waals surface area contributed by atoms with E-state index in [2.05, 4.69) is 22.0 Å². The fraction of sp³-hybridized carbons (Fsp3) is 0.476. The van der Waals surface area contributed by atoms with Gasteiger partial charge in [-0.3, -0.25) is 9.36 Å². The predicted molar refractivity (Wildman–Crippen MR) is 107 cm³/mol. The molecule has 0 bridgehead atoms. The van der Waals surface area contributed by atoms with Crippen LogP contribution in [0.3, 0.4) is 0 Å². The number of anilines is 1. The molecule has 1 aliphatic carbocycles. The molecule has 1 fully saturated rings. The Morgan fingerprint density at radius 1 is 1.21 bits per heavy atom. The topological polar surface area (TPSA) is 64.7 Å². The molecule has 0 N–H and O–H groups in total. The molecule has 0 atom stereocenters. The lowest BCUT2D eigenvalue weighted by molar-refractivity contribution is 0.340. The number of fused-ring (bicyclic) bond motifs is 2. The molecule has 5 rings (SSSR count). The third kappa shape index (κ3) is 2.85. The van der Waals surface area contributed by atoms with Crippen molar-refractivity contribution < 1.29 is 4.74 Å². The fourth-order valence-electron chi connectivity index (χ4n) is 4.47. The molecule has 146 valence electrons. The van der Waals surface area contributed by atoms with Crippen LogP contribution in [0.25, 0.3) is 5.52 Å². The Kier molecular flexibility index (Phi) is 4.30. The zero-order chi connectivity index (χ0) is 19.1. The Morgan fingerprint density at radius 3 is 2.89 bits per heavy atom. The van der Waals surface area contributed by atoms with E-state index in [4.69, 9.17) is 9.84 Å². The Hall–Kier alpha value is -2.83. The lowest BCUT2D eigenvalue weighted by Crippen LogP contribution is -2.41. The summed E-state index contributed by atoms with van der Waals surface area (Å²) in [5, 5.41) is 4.86. The molecular weight excluding hydrogens is 354 g/mol. The second-order valence-electron chi connectivity index (χ2n) is 7.62. The van der Waals surface area contributed by atoms with Crippen molar-refractivity contribution in [1.29, 1.82) is 0 Å². The van der Waals surface area contributed by atoms with Crippen LogP contribution in [0.5, 0.6) is 5.75 Å². The van der Waals surface area contributed by atoms with E-state index in [9.17, 15) is 4.79 Å². The normalized spacial score (nSPS) is 17.2. The highest BCUT2D eigenvalue weighted by molar-refractivity contribution is 5.51. The number of imidazole rings is 1. The van der Waals surface area contributed by atoms with Crippen LogP contribution in [0.1, 0.15) is 50.2 Å². The van der Waals surface area contributed by atoms with Crippen LogP contribution >= 0.6 is 0 Å². The molecule has 1 aliphatic heterocycles. The Labute approximate surface area is 163 Å². The van der Waals surface area contributed by atoms with Gasteiger partial charge in [0.1, 0.15) is 11.6 Å². The second-order valence-corrected chi connectivity index (χ2v) is 7.62. The summed E-state index contributed by atoms with van der Waals surface area (Å²) in [4.78, 5) is 19.8. The number of ether oxygens (including phenoxy) is 1. The number of hydrogen-bond donors (Lipinski definition) is 0. The average molecular weight is 379 g/mol. The zero-order valence-corrected chi connectivity index (χ0v) is 16.2. The Morgan fingerprint density at radius 2 is 2.07 bits per heavy atom. The van der Waals surface area contributed by atoms with Crippen molar-refractivity contribution in [3.8, 4) is 5.75 Å². The average Bonchev–Trinajstić information content (AvgIpc) is 3.38. The number of hydrogen-bond acceptors (Lipinski definition) is 5. The summed E-state index contributed by atoms with van der Waals surface area (Å²) in [5.41, 5.74) is 1.70. The molecule has 2 aliphatic rings. The molecule has 0 unspecified atom stereocenters. The first-order valence-electron chi connectivity index (χ1n) is 10.2. The van der Waals surface area contributed by atoms with Gasteiger partial charge >= 0.3 is 0 Å². The van der Waals surface area contributed by atoms with Crippen LogP contribution in [-0.4, -0.2) is 32.3 Å². The van der Waals surface area contributed by atoms with E-state index >= 15 is 0 Å². The Balaban J connectivity index is 1.52. The molecule has 1 saturated carbocycles.